The number of carbonyl (C=O) groups is 1. The van der Waals surface area contributed by atoms with Crippen molar-refractivity contribution in [1.29, 1.82) is 0 Å². The molecule has 0 bridgehead atoms. The Morgan fingerprint density at radius 3 is 2.43 bits per heavy atom. The lowest BCUT2D eigenvalue weighted by atomic mass is 10.1. The predicted molar refractivity (Wildman–Crippen MR) is 114 cm³/mol. The molecule has 7 heteroatoms. The van der Waals surface area contributed by atoms with Gasteiger partial charge in [-0.25, -0.2) is 12.8 Å². The average molecular weight is 427 g/mol. The van der Waals surface area contributed by atoms with Gasteiger partial charge in [0.2, 0.25) is 0 Å². The van der Waals surface area contributed by atoms with Crippen LogP contribution in [-0.4, -0.2) is 25.9 Å². The first-order chi connectivity index (χ1) is 14.2. The molecule has 2 aromatic carbocycles. The molecule has 1 atom stereocenters. The molecule has 3 rings (SSSR count). The average Bonchev–Trinajstić information content (AvgIpc) is 2.72. The molecule has 0 saturated carbocycles. The lowest BCUT2D eigenvalue weighted by molar-refractivity contribution is 0.0953. The van der Waals surface area contributed by atoms with Crippen LogP contribution in [0.1, 0.15) is 37.9 Å². The molecule has 0 aliphatic carbocycles. The van der Waals surface area contributed by atoms with Crippen LogP contribution < -0.4 is 5.32 Å². The van der Waals surface area contributed by atoms with Crippen LogP contribution in [0, 0.1) is 26.6 Å². The summed E-state index contributed by atoms with van der Waals surface area (Å²) in [6.07, 6.45) is 3.00. The fourth-order valence-electron chi connectivity index (χ4n) is 3.10. The fraction of sp³-hybridized carbons (Fsp3) is 0.217. The number of hydrogen-bond donors (Lipinski definition) is 1. The summed E-state index contributed by atoms with van der Waals surface area (Å²) in [5, 5.41) is 1.66. The van der Waals surface area contributed by atoms with Crippen molar-refractivity contribution in [2.75, 3.05) is 6.54 Å². The second-order valence-electron chi connectivity index (χ2n) is 7.24. The smallest absolute Gasteiger partial charge is 0.251 e. The van der Waals surface area contributed by atoms with Crippen molar-refractivity contribution in [3.8, 4) is 0 Å². The zero-order chi connectivity index (χ0) is 21.9. The Kier molecular flexibility index (Phi) is 6.31. The Bertz CT molecular complexity index is 1180. The highest BCUT2D eigenvalue weighted by molar-refractivity contribution is 7.91. The molecule has 1 heterocycles. The lowest BCUT2D eigenvalue weighted by Crippen LogP contribution is -2.32. The number of aryl methyl sites for hydroxylation is 3. The van der Waals surface area contributed by atoms with E-state index < -0.39 is 20.9 Å². The second kappa shape index (κ2) is 8.75. The summed E-state index contributed by atoms with van der Waals surface area (Å²) in [7, 11) is -3.91. The number of pyridine rings is 1. The van der Waals surface area contributed by atoms with E-state index in [1.165, 1.54) is 25.3 Å². The van der Waals surface area contributed by atoms with Crippen molar-refractivity contribution in [3.63, 3.8) is 0 Å². The summed E-state index contributed by atoms with van der Waals surface area (Å²) in [5.74, 6) is -0.840. The molecular weight excluding hydrogens is 403 g/mol. The van der Waals surface area contributed by atoms with Crippen LogP contribution in [0.2, 0.25) is 0 Å². The van der Waals surface area contributed by atoms with Gasteiger partial charge in [0.25, 0.3) is 5.91 Å². The maximum Gasteiger partial charge on any atom is 0.251 e. The molecule has 3 aromatic rings. The van der Waals surface area contributed by atoms with Gasteiger partial charge in [-0.1, -0.05) is 12.1 Å². The molecule has 156 valence electrons. The zero-order valence-electron chi connectivity index (χ0n) is 17.0. The second-order valence-corrected chi connectivity index (χ2v) is 9.37. The van der Waals surface area contributed by atoms with E-state index in [2.05, 4.69) is 10.3 Å². The zero-order valence-corrected chi connectivity index (χ0v) is 17.8. The molecule has 0 spiro atoms. The van der Waals surface area contributed by atoms with Crippen molar-refractivity contribution < 1.29 is 17.6 Å². The van der Waals surface area contributed by atoms with Gasteiger partial charge in [-0.15, -0.1) is 0 Å². The quantitative estimate of drug-likeness (QED) is 0.603. The molecule has 0 fully saturated rings. The standard InChI is InChI=1S/C23H23FN2O3S/c1-15-6-7-18(11-16(15)2)23(27)26-14-22(19-5-4-10-25-13-19)30(28,29)20-8-9-21(24)17(3)12-20/h4-13,22H,14H2,1-3H3,(H,26,27). The van der Waals surface area contributed by atoms with E-state index >= 15 is 0 Å². The summed E-state index contributed by atoms with van der Waals surface area (Å²) in [6, 6.07) is 12.3. The molecule has 5 nitrogen and oxygen atoms in total. The van der Waals surface area contributed by atoms with Crippen molar-refractivity contribution in [2.45, 2.75) is 30.9 Å². The number of nitrogens with zero attached hydrogens (tertiary/aromatic N) is 1. The monoisotopic (exact) mass is 426 g/mol. The normalized spacial score (nSPS) is 12.4. The van der Waals surface area contributed by atoms with Gasteiger partial charge in [-0.3, -0.25) is 9.78 Å². The Balaban J connectivity index is 1.92. The summed E-state index contributed by atoms with van der Waals surface area (Å²) < 4.78 is 40.3. The molecule has 0 saturated heterocycles. The van der Waals surface area contributed by atoms with Crippen LogP contribution in [0.5, 0.6) is 0 Å². The van der Waals surface area contributed by atoms with Crippen molar-refractivity contribution in [1.82, 2.24) is 10.3 Å². The third-order valence-electron chi connectivity index (χ3n) is 5.11. The first-order valence-electron chi connectivity index (χ1n) is 9.45. The van der Waals surface area contributed by atoms with E-state index in [4.69, 9.17) is 0 Å². The number of nitrogens with one attached hydrogen (secondary N) is 1. The van der Waals surface area contributed by atoms with E-state index in [0.29, 0.717) is 11.1 Å². The van der Waals surface area contributed by atoms with E-state index in [1.54, 1.807) is 30.5 Å². The third kappa shape index (κ3) is 4.57. The number of carbonyl (C=O) groups excluding carboxylic acids is 1. The number of amides is 1. The number of hydrogen-bond acceptors (Lipinski definition) is 4. The van der Waals surface area contributed by atoms with E-state index in [9.17, 15) is 17.6 Å². The predicted octanol–water partition coefficient (Wildman–Crippen LogP) is 4.09. The maximum absolute atomic E-state index is 13.7. The van der Waals surface area contributed by atoms with Gasteiger partial charge in [0.1, 0.15) is 11.1 Å². The molecule has 1 amide bonds. The molecule has 1 unspecified atom stereocenters. The fourth-order valence-corrected chi connectivity index (χ4v) is 4.83. The molecule has 30 heavy (non-hydrogen) atoms. The highest BCUT2D eigenvalue weighted by atomic mass is 32.2. The summed E-state index contributed by atoms with van der Waals surface area (Å²) in [4.78, 5) is 16.6. The number of aromatic nitrogens is 1. The molecular formula is C23H23FN2O3S. The lowest BCUT2D eigenvalue weighted by Gasteiger charge is -2.19. The van der Waals surface area contributed by atoms with Gasteiger partial charge in [0.15, 0.2) is 9.84 Å². The molecule has 0 aliphatic heterocycles. The Morgan fingerprint density at radius 1 is 1.03 bits per heavy atom. The Hall–Kier alpha value is -3.06. The number of sulfone groups is 1. The van der Waals surface area contributed by atoms with Crippen LogP contribution in [0.3, 0.4) is 0 Å². The van der Waals surface area contributed by atoms with Crippen LogP contribution >= 0.6 is 0 Å². The van der Waals surface area contributed by atoms with E-state index in [-0.39, 0.29) is 22.9 Å². The highest BCUT2D eigenvalue weighted by Crippen LogP contribution is 2.29. The van der Waals surface area contributed by atoms with Crippen LogP contribution in [0.15, 0.2) is 65.8 Å². The van der Waals surface area contributed by atoms with Gasteiger partial charge >= 0.3 is 0 Å². The molecule has 0 radical (unpaired) electrons. The maximum atomic E-state index is 13.7. The number of rotatable bonds is 6. The highest BCUT2D eigenvalue weighted by Gasteiger charge is 2.30. The minimum Gasteiger partial charge on any atom is -0.350 e. The molecule has 1 N–H and O–H groups in total. The first-order valence-corrected chi connectivity index (χ1v) is 11.0. The summed E-state index contributed by atoms with van der Waals surface area (Å²) in [5.41, 5.74) is 3.17. The van der Waals surface area contributed by atoms with Crippen molar-refractivity contribution in [3.05, 3.63) is 94.6 Å². The van der Waals surface area contributed by atoms with Crippen LogP contribution in [0.4, 0.5) is 4.39 Å². The molecule has 0 aliphatic rings. The molecule has 1 aromatic heterocycles. The van der Waals surface area contributed by atoms with E-state index in [0.717, 1.165) is 17.2 Å². The summed E-state index contributed by atoms with van der Waals surface area (Å²) >= 11 is 0. The summed E-state index contributed by atoms with van der Waals surface area (Å²) in [6.45, 7) is 5.23. The van der Waals surface area contributed by atoms with Crippen LogP contribution in [-0.2, 0) is 9.84 Å². The van der Waals surface area contributed by atoms with E-state index in [1.807, 2.05) is 19.9 Å². The topological polar surface area (TPSA) is 76.1 Å². The number of halogens is 1. The van der Waals surface area contributed by atoms with Crippen LogP contribution in [0.25, 0.3) is 0 Å². The van der Waals surface area contributed by atoms with Crippen molar-refractivity contribution >= 4 is 15.7 Å². The minimum atomic E-state index is -3.91. The van der Waals surface area contributed by atoms with Gasteiger partial charge in [-0.2, -0.15) is 0 Å². The third-order valence-corrected chi connectivity index (χ3v) is 7.20. The first kappa shape index (κ1) is 21.6. The van der Waals surface area contributed by atoms with Gasteiger partial charge in [-0.05, 0) is 79.4 Å². The largest absolute Gasteiger partial charge is 0.350 e. The minimum absolute atomic E-state index is 0.00400. The Morgan fingerprint density at radius 2 is 1.80 bits per heavy atom. The number of benzene rings is 2. The van der Waals surface area contributed by atoms with Gasteiger partial charge in [0.05, 0.1) is 4.90 Å². The SMILES string of the molecule is Cc1ccc(C(=O)NCC(c2cccnc2)S(=O)(=O)c2ccc(F)c(C)c2)cc1C. The van der Waals surface area contributed by atoms with Gasteiger partial charge in [0, 0.05) is 24.5 Å². The van der Waals surface area contributed by atoms with Gasteiger partial charge < -0.3 is 5.32 Å². The van der Waals surface area contributed by atoms with Crippen molar-refractivity contribution in [2.24, 2.45) is 0 Å². The Labute approximate surface area is 175 Å².